The number of hydrogen-bond acceptors (Lipinski definition) is 3. The van der Waals surface area contributed by atoms with Crippen LogP contribution in [0.5, 0.6) is 0 Å². The van der Waals surface area contributed by atoms with E-state index in [4.69, 9.17) is 28.9 Å². The second-order valence-electron chi connectivity index (χ2n) is 4.23. The maximum absolute atomic E-state index is 6.26. The summed E-state index contributed by atoms with van der Waals surface area (Å²) in [5.41, 5.74) is 9.68. The lowest BCUT2D eigenvalue weighted by molar-refractivity contribution is 0.946. The molecule has 3 nitrogen and oxygen atoms in total. The second kappa shape index (κ2) is 4.80. The Labute approximate surface area is 124 Å². The molecule has 0 atom stereocenters. The lowest BCUT2D eigenvalue weighted by Gasteiger charge is -2.05. The molecule has 2 aromatic heterocycles. The highest BCUT2D eigenvalue weighted by molar-refractivity contribution is 7.15. The van der Waals surface area contributed by atoms with Gasteiger partial charge in [0.05, 0.1) is 16.4 Å². The van der Waals surface area contributed by atoms with Crippen molar-refractivity contribution >= 4 is 39.5 Å². The maximum Gasteiger partial charge on any atom is 0.194 e. The number of nitrogens with zero attached hydrogens (tertiary/aromatic N) is 2. The van der Waals surface area contributed by atoms with Crippen LogP contribution in [0.4, 0.5) is 0 Å². The molecular weight excluding hydrogens is 301 g/mol. The van der Waals surface area contributed by atoms with E-state index in [0.717, 1.165) is 27.6 Å². The van der Waals surface area contributed by atoms with Gasteiger partial charge >= 0.3 is 0 Å². The van der Waals surface area contributed by atoms with Gasteiger partial charge in [-0.15, -0.1) is 11.3 Å². The third kappa shape index (κ3) is 2.05. The van der Waals surface area contributed by atoms with Gasteiger partial charge in [0.25, 0.3) is 0 Å². The van der Waals surface area contributed by atoms with Crippen LogP contribution in [0.1, 0.15) is 11.4 Å². The van der Waals surface area contributed by atoms with E-state index in [-0.39, 0.29) is 0 Å². The van der Waals surface area contributed by atoms with Crippen molar-refractivity contribution in [2.24, 2.45) is 5.73 Å². The Morgan fingerprint density at radius 1 is 1.37 bits per heavy atom. The summed E-state index contributed by atoms with van der Waals surface area (Å²) in [6.45, 7) is 2.45. The molecule has 3 rings (SSSR count). The van der Waals surface area contributed by atoms with E-state index in [1.54, 1.807) is 17.4 Å². The van der Waals surface area contributed by atoms with E-state index in [0.29, 0.717) is 16.6 Å². The number of rotatable bonds is 2. The van der Waals surface area contributed by atoms with Gasteiger partial charge in [-0.3, -0.25) is 4.40 Å². The number of halogens is 2. The fourth-order valence-corrected chi connectivity index (χ4v) is 3.53. The van der Waals surface area contributed by atoms with E-state index in [2.05, 4.69) is 14.8 Å². The summed E-state index contributed by atoms with van der Waals surface area (Å²) in [5, 5.41) is 3.26. The Morgan fingerprint density at radius 2 is 2.16 bits per heavy atom. The van der Waals surface area contributed by atoms with Crippen LogP contribution in [0.15, 0.2) is 23.6 Å². The minimum absolute atomic E-state index is 0.410. The maximum atomic E-state index is 6.26. The van der Waals surface area contributed by atoms with Crippen LogP contribution >= 0.6 is 34.5 Å². The van der Waals surface area contributed by atoms with Crippen molar-refractivity contribution in [1.82, 2.24) is 9.38 Å². The van der Waals surface area contributed by atoms with Gasteiger partial charge in [0.2, 0.25) is 0 Å². The highest BCUT2D eigenvalue weighted by atomic mass is 35.5. The Hall–Kier alpha value is -1.07. The fraction of sp³-hybridized carbons (Fsp3) is 0.154. The zero-order valence-corrected chi connectivity index (χ0v) is 12.5. The zero-order valence-electron chi connectivity index (χ0n) is 10.2. The molecule has 0 amide bonds. The number of hydrogen-bond donors (Lipinski definition) is 1. The SMILES string of the molecule is Cc1csc2nc(-c3ccc(Cl)cc3Cl)c(CN)n12. The summed E-state index contributed by atoms with van der Waals surface area (Å²) >= 11 is 13.8. The van der Waals surface area contributed by atoms with Gasteiger partial charge in [-0.2, -0.15) is 0 Å². The molecule has 0 fully saturated rings. The second-order valence-corrected chi connectivity index (χ2v) is 5.91. The molecule has 19 heavy (non-hydrogen) atoms. The molecule has 2 heterocycles. The number of imidazole rings is 1. The van der Waals surface area contributed by atoms with Crippen molar-refractivity contribution in [3.63, 3.8) is 0 Å². The lowest BCUT2D eigenvalue weighted by atomic mass is 10.1. The highest BCUT2D eigenvalue weighted by Crippen LogP contribution is 2.34. The third-order valence-electron chi connectivity index (χ3n) is 3.01. The lowest BCUT2D eigenvalue weighted by Crippen LogP contribution is -2.03. The summed E-state index contributed by atoms with van der Waals surface area (Å²) in [6, 6.07) is 5.41. The Bertz CT molecular complexity index is 761. The van der Waals surface area contributed by atoms with Crippen molar-refractivity contribution in [3.05, 3.63) is 45.0 Å². The van der Waals surface area contributed by atoms with E-state index in [9.17, 15) is 0 Å². The molecule has 0 aliphatic rings. The van der Waals surface area contributed by atoms with Crippen molar-refractivity contribution in [2.75, 3.05) is 0 Å². The van der Waals surface area contributed by atoms with Crippen molar-refractivity contribution in [1.29, 1.82) is 0 Å². The normalized spacial score (nSPS) is 11.4. The molecule has 1 aromatic carbocycles. The zero-order chi connectivity index (χ0) is 13.6. The molecular formula is C13H11Cl2N3S. The number of fused-ring (bicyclic) bond motifs is 1. The average molecular weight is 312 g/mol. The van der Waals surface area contributed by atoms with Crippen LogP contribution in [0.2, 0.25) is 10.0 Å². The molecule has 6 heteroatoms. The Kier molecular flexibility index (Phi) is 3.27. The standard InChI is InChI=1S/C13H11Cl2N3S/c1-7-6-19-13-17-12(11(5-16)18(7)13)9-3-2-8(14)4-10(9)15/h2-4,6H,5,16H2,1H3. The van der Waals surface area contributed by atoms with E-state index >= 15 is 0 Å². The van der Waals surface area contributed by atoms with Crippen LogP contribution in [0.25, 0.3) is 16.2 Å². The smallest absolute Gasteiger partial charge is 0.194 e. The fourth-order valence-electron chi connectivity index (χ4n) is 2.15. The van der Waals surface area contributed by atoms with Gasteiger partial charge < -0.3 is 5.73 Å². The van der Waals surface area contributed by atoms with Gasteiger partial charge in [-0.05, 0) is 25.1 Å². The largest absolute Gasteiger partial charge is 0.325 e. The van der Waals surface area contributed by atoms with Gasteiger partial charge in [0.1, 0.15) is 0 Å². The van der Waals surface area contributed by atoms with Crippen molar-refractivity contribution < 1.29 is 0 Å². The Balaban J connectivity index is 2.30. The number of aryl methyl sites for hydroxylation is 1. The monoisotopic (exact) mass is 311 g/mol. The van der Waals surface area contributed by atoms with Crippen molar-refractivity contribution in [2.45, 2.75) is 13.5 Å². The van der Waals surface area contributed by atoms with Gasteiger partial charge in [0, 0.05) is 28.2 Å². The highest BCUT2D eigenvalue weighted by Gasteiger charge is 2.17. The van der Waals surface area contributed by atoms with Gasteiger partial charge in [0.15, 0.2) is 4.96 Å². The molecule has 2 N–H and O–H groups in total. The Morgan fingerprint density at radius 3 is 2.84 bits per heavy atom. The minimum Gasteiger partial charge on any atom is -0.325 e. The molecule has 0 spiro atoms. The third-order valence-corrected chi connectivity index (χ3v) is 4.50. The topological polar surface area (TPSA) is 43.3 Å². The van der Waals surface area contributed by atoms with Gasteiger partial charge in [-0.25, -0.2) is 4.98 Å². The summed E-state index contributed by atoms with van der Waals surface area (Å²) in [5.74, 6) is 0. The van der Waals surface area contributed by atoms with E-state index in [1.807, 2.05) is 19.1 Å². The van der Waals surface area contributed by atoms with E-state index in [1.165, 1.54) is 0 Å². The summed E-state index contributed by atoms with van der Waals surface area (Å²) in [6.07, 6.45) is 0. The molecule has 0 unspecified atom stereocenters. The first kappa shape index (κ1) is 12.9. The predicted octanol–water partition coefficient (Wildman–Crippen LogP) is 4.14. The number of nitrogens with two attached hydrogens (primary N) is 1. The quantitative estimate of drug-likeness (QED) is 0.773. The van der Waals surface area contributed by atoms with Crippen LogP contribution in [0, 0.1) is 6.92 Å². The average Bonchev–Trinajstić information content (AvgIpc) is 2.90. The molecule has 0 aliphatic heterocycles. The molecule has 0 bridgehead atoms. The summed E-state index contributed by atoms with van der Waals surface area (Å²) in [7, 11) is 0. The molecule has 98 valence electrons. The molecule has 0 aliphatic carbocycles. The van der Waals surface area contributed by atoms with Crippen LogP contribution in [-0.4, -0.2) is 9.38 Å². The minimum atomic E-state index is 0.410. The first-order chi connectivity index (χ1) is 9.11. The number of thiazole rings is 1. The van der Waals surface area contributed by atoms with Crippen molar-refractivity contribution in [3.8, 4) is 11.3 Å². The van der Waals surface area contributed by atoms with Crippen LogP contribution < -0.4 is 5.73 Å². The number of benzene rings is 1. The molecule has 0 saturated carbocycles. The summed E-state index contributed by atoms with van der Waals surface area (Å²) < 4.78 is 2.07. The first-order valence-electron chi connectivity index (χ1n) is 5.72. The molecule has 3 aromatic rings. The van der Waals surface area contributed by atoms with Gasteiger partial charge in [-0.1, -0.05) is 23.2 Å². The number of aromatic nitrogens is 2. The van der Waals surface area contributed by atoms with Crippen LogP contribution in [0.3, 0.4) is 0 Å². The predicted molar refractivity (Wildman–Crippen MR) is 81.2 cm³/mol. The van der Waals surface area contributed by atoms with Crippen LogP contribution in [-0.2, 0) is 6.54 Å². The molecule has 0 radical (unpaired) electrons. The first-order valence-corrected chi connectivity index (χ1v) is 7.36. The molecule has 0 saturated heterocycles. The summed E-state index contributed by atoms with van der Waals surface area (Å²) in [4.78, 5) is 5.57. The van der Waals surface area contributed by atoms with E-state index < -0.39 is 0 Å².